The quantitative estimate of drug-likeness (QED) is 0.252. The van der Waals surface area contributed by atoms with E-state index < -0.39 is 8.32 Å². The topological polar surface area (TPSA) is 9.23 Å². The normalized spacial score (nSPS) is 25.4. The van der Waals surface area contributed by atoms with Crippen molar-refractivity contribution in [1.29, 1.82) is 0 Å². The first kappa shape index (κ1) is 15.0. The van der Waals surface area contributed by atoms with E-state index in [1.54, 1.807) is 0 Å². The molecule has 1 heterocycles. The molecular weight excluding hydrogens is 351 g/mol. The lowest BCUT2D eigenvalue weighted by Crippen LogP contribution is -2.49. The summed E-state index contributed by atoms with van der Waals surface area (Å²) in [6, 6.07) is 4.28. The van der Waals surface area contributed by atoms with Gasteiger partial charge >= 0.3 is 0 Å². The van der Waals surface area contributed by atoms with Crippen molar-refractivity contribution in [1.82, 2.24) is 0 Å². The van der Waals surface area contributed by atoms with Gasteiger partial charge in [0.1, 0.15) is 0 Å². The van der Waals surface area contributed by atoms with Crippen molar-refractivity contribution in [3.63, 3.8) is 0 Å². The third-order valence-corrected chi connectivity index (χ3v) is 10.5. The van der Waals surface area contributed by atoms with Crippen molar-refractivity contribution in [2.75, 3.05) is 4.43 Å². The summed E-state index contributed by atoms with van der Waals surface area (Å²) in [4.78, 5) is 0. The maximum Gasteiger partial charge on any atom is 0.193 e. The van der Waals surface area contributed by atoms with Crippen LogP contribution in [0.15, 0.2) is 12.7 Å². The van der Waals surface area contributed by atoms with Crippen LogP contribution < -0.4 is 0 Å². The number of hydrogen-bond donors (Lipinski definition) is 0. The Labute approximate surface area is 127 Å². The lowest BCUT2D eigenvalue weighted by molar-refractivity contribution is 0.133. The van der Waals surface area contributed by atoms with E-state index in [1.165, 1.54) is 67.5 Å². The maximum absolute atomic E-state index is 6.69. The number of allylic oxidation sites excluding steroid dienone is 1. The molecule has 1 aliphatic heterocycles. The van der Waals surface area contributed by atoms with Gasteiger partial charge in [-0.25, -0.2) is 0 Å². The van der Waals surface area contributed by atoms with Gasteiger partial charge in [0.25, 0.3) is 0 Å². The third-order valence-electron chi connectivity index (χ3n) is 4.61. The van der Waals surface area contributed by atoms with E-state index in [9.17, 15) is 0 Å². The zero-order valence-electron chi connectivity index (χ0n) is 11.5. The molecule has 0 N–H and O–H groups in total. The van der Waals surface area contributed by atoms with Gasteiger partial charge in [-0.1, -0.05) is 54.4 Å². The molecule has 3 heteroatoms. The van der Waals surface area contributed by atoms with Gasteiger partial charge in [0.2, 0.25) is 0 Å². The highest BCUT2D eigenvalue weighted by molar-refractivity contribution is 14.1. The van der Waals surface area contributed by atoms with E-state index in [1.807, 2.05) is 0 Å². The summed E-state index contributed by atoms with van der Waals surface area (Å²) >= 11 is 2.54. The zero-order chi connectivity index (χ0) is 12.8. The number of hydrogen-bond acceptors (Lipinski definition) is 1. The summed E-state index contributed by atoms with van der Waals surface area (Å²) in [5.74, 6) is 0.832. The summed E-state index contributed by atoms with van der Waals surface area (Å²) in [6.07, 6.45) is 12.3. The molecule has 1 saturated heterocycles. The van der Waals surface area contributed by atoms with Crippen LogP contribution in [0.2, 0.25) is 18.1 Å². The Morgan fingerprint density at radius 1 is 1.22 bits per heavy atom. The van der Waals surface area contributed by atoms with Crippen molar-refractivity contribution in [3.8, 4) is 0 Å². The molecule has 1 atom stereocenters. The zero-order valence-corrected chi connectivity index (χ0v) is 14.7. The molecule has 1 unspecified atom stereocenters. The molecule has 104 valence electrons. The molecular formula is C15H27IOSi. The summed E-state index contributed by atoms with van der Waals surface area (Å²) < 4.78 is 7.97. The Morgan fingerprint density at radius 3 is 2.44 bits per heavy atom. The molecule has 2 fully saturated rings. The number of alkyl halides is 1. The Morgan fingerprint density at radius 2 is 1.94 bits per heavy atom. The minimum atomic E-state index is -1.30. The lowest BCUT2D eigenvalue weighted by Gasteiger charge is -2.44. The Kier molecular flexibility index (Phi) is 6.21. The fourth-order valence-electron chi connectivity index (χ4n) is 3.44. The van der Waals surface area contributed by atoms with Crippen molar-refractivity contribution < 1.29 is 4.43 Å². The van der Waals surface area contributed by atoms with E-state index in [-0.39, 0.29) is 0 Å². The lowest BCUT2D eigenvalue weighted by atomic mass is 9.98. The highest BCUT2D eigenvalue weighted by atomic mass is 127. The molecule has 0 spiro atoms. The standard InChI is InChI=1S/C15H27IOSi/c1-2-7-14(12-16)13-18(10-6-11-18)17-15-8-4-3-5-9-15/h2,14-15H,1,3-13H2. The molecule has 0 aromatic rings. The highest BCUT2D eigenvalue weighted by Gasteiger charge is 2.44. The fraction of sp³-hybridized carbons (Fsp3) is 0.867. The van der Waals surface area contributed by atoms with Crippen molar-refractivity contribution in [3.05, 3.63) is 12.7 Å². The SMILES string of the molecule is C=CCC(CI)C[Si]1(OC2CCCCC2)CCC1. The predicted octanol–water partition coefficient (Wildman–Crippen LogP) is 5.31. The first-order valence-corrected chi connectivity index (χ1v) is 11.7. The molecule has 0 bridgehead atoms. The summed E-state index contributed by atoms with van der Waals surface area (Å²) in [6.45, 7) is 3.91. The van der Waals surface area contributed by atoms with Gasteiger partial charge in [-0.2, -0.15) is 0 Å². The average molecular weight is 378 g/mol. The number of rotatable bonds is 7. The van der Waals surface area contributed by atoms with Gasteiger partial charge in [-0.15, -0.1) is 6.58 Å². The molecule has 18 heavy (non-hydrogen) atoms. The first-order chi connectivity index (χ1) is 8.78. The van der Waals surface area contributed by atoms with Crippen LogP contribution in [0, 0.1) is 5.92 Å². The summed E-state index contributed by atoms with van der Waals surface area (Å²) in [7, 11) is -1.30. The molecule has 1 aliphatic carbocycles. The third kappa shape index (κ3) is 4.07. The van der Waals surface area contributed by atoms with Gasteiger partial charge in [0.05, 0.1) is 0 Å². The largest absolute Gasteiger partial charge is 0.414 e. The molecule has 0 aromatic heterocycles. The Balaban J connectivity index is 1.86. The van der Waals surface area contributed by atoms with E-state index in [2.05, 4.69) is 35.2 Å². The average Bonchev–Trinajstić information content (AvgIpc) is 2.36. The van der Waals surface area contributed by atoms with Crippen molar-refractivity contribution >= 4 is 30.9 Å². The van der Waals surface area contributed by atoms with E-state index >= 15 is 0 Å². The maximum atomic E-state index is 6.69. The van der Waals surface area contributed by atoms with Crippen LogP contribution in [0.4, 0.5) is 0 Å². The Bertz CT molecular complexity index is 259. The smallest absolute Gasteiger partial charge is 0.193 e. The molecule has 2 rings (SSSR count). The second-order valence-corrected chi connectivity index (χ2v) is 11.1. The molecule has 1 nitrogen and oxygen atoms in total. The van der Waals surface area contributed by atoms with Crippen LogP contribution in [0.5, 0.6) is 0 Å². The fourth-order valence-corrected chi connectivity index (χ4v) is 8.89. The molecule has 0 radical (unpaired) electrons. The predicted molar refractivity (Wildman–Crippen MR) is 89.9 cm³/mol. The van der Waals surface area contributed by atoms with Crippen LogP contribution in [0.25, 0.3) is 0 Å². The Hall–Kier alpha value is 0.647. The van der Waals surface area contributed by atoms with Gasteiger partial charge in [-0.05, 0) is 43.3 Å². The minimum absolute atomic E-state index is 0.629. The van der Waals surface area contributed by atoms with Gasteiger partial charge in [-0.3, -0.25) is 0 Å². The molecule has 2 aliphatic rings. The van der Waals surface area contributed by atoms with Crippen LogP contribution in [0.3, 0.4) is 0 Å². The summed E-state index contributed by atoms with van der Waals surface area (Å²) in [5, 5.41) is 0. The van der Waals surface area contributed by atoms with E-state index in [4.69, 9.17) is 4.43 Å². The first-order valence-electron chi connectivity index (χ1n) is 7.63. The van der Waals surface area contributed by atoms with Gasteiger partial charge in [0.15, 0.2) is 8.32 Å². The van der Waals surface area contributed by atoms with Gasteiger partial charge < -0.3 is 4.43 Å². The molecule has 0 amide bonds. The molecule has 1 saturated carbocycles. The highest BCUT2D eigenvalue weighted by Crippen LogP contribution is 2.42. The monoisotopic (exact) mass is 378 g/mol. The number of halogens is 1. The van der Waals surface area contributed by atoms with Crippen LogP contribution in [0.1, 0.15) is 44.9 Å². The van der Waals surface area contributed by atoms with E-state index in [0.29, 0.717) is 6.10 Å². The van der Waals surface area contributed by atoms with E-state index in [0.717, 1.165) is 5.92 Å². The molecule has 0 aromatic carbocycles. The van der Waals surface area contributed by atoms with Crippen molar-refractivity contribution in [2.24, 2.45) is 5.92 Å². The van der Waals surface area contributed by atoms with Crippen LogP contribution >= 0.6 is 22.6 Å². The second kappa shape index (κ2) is 7.43. The second-order valence-electron chi connectivity index (χ2n) is 6.16. The van der Waals surface area contributed by atoms with Crippen molar-refractivity contribution in [2.45, 2.75) is 69.2 Å². The van der Waals surface area contributed by atoms with Crippen LogP contribution in [-0.4, -0.2) is 18.8 Å². The summed E-state index contributed by atoms with van der Waals surface area (Å²) in [5.41, 5.74) is 0. The minimum Gasteiger partial charge on any atom is -0.414 e. The van der Waals surface area contributed by atoms with Crippen LogP contribution in [-0.2, 0) is 4.43 Å². The van der Waals surface area contributed by atoms with Gasteiger partial charge in [0, 0.05) is 10.5 Å².